The van der Waals surface area contributed by atoms with Crippen LogP contribution in [-0.4, -0.2) is 92.8 Å². The van der Waals surface area contributed by atoms with Gasteiger partial charge in [-0.1, -0.05) is 25.1 Å². The molecule has 1 saturated heterocycles. The average Bonchev–Trinajstić information content (AvgIpc) is 3.17. The van der Waals surface area contributed by atoms with Crippen molar-refractivity contribution in [2.75, 3.05) is 6.61 Å². The maximum atomic E-state index is 13.8. The number of esters is 3. The number of carbonyl (C=O) groups excluding carboxylic acids is 3. The van der Waals surface area contributed by atoms with Crippen molar-refractivity contribution in [2.45, 2.75) is 102 Å². The van der Waals surface area contributed by atoms with Gasteiger partial charge in [0.25, 0.3) is 0 Å². The van der Waals surface area contributed by atoms with Crippen LogP contribution in [0.5, 0.6) is 0 Å². The van der Waals surface area contributed by atoms with Gasteiger partial charge in [0.05, 0.1) is 41.3 Å². The third kappa shape index (κ3) is 4.16. The Morgan fingerprint density at radius 3 is 2.19 bits per heavy atom. The largest absolute Gasteiger partial charge is 0.458 e. The molecule has 1 aliphatic heterocycles. The number of hydrogen-bond donors (Lipinski definition) is 4. The quantitative estimate of drug-likeness (QED) is 0.223. The number of aliphatic hydroxyl groups is 4. The molecule has 3 fully saturated rings. The van der Waals surface area contributed by atoms with E-state index in [1.807, 2.05) is 0 Å². The Hall–Kier alpha value is -2.83. The highest BCUT2D eigenvalue weighted by Gasteiger charge is 2.79. The summed E-state index contributed by atoms with van der Waals surface area (Å²) >= 11 is 0. The molecule has 0 amide bonds. The van der Waals surface area contributed by atoms with Gasteiger partial charge >= 0.3 is 17.9 Å². The lowest BCUT2D eigenvalue weighted by Crippen LogP contribution is -2.78. The Morgan fingerprint density at radius 1 is 1.02 bits per heavy atom. The first-order valence-electron chi connectivity index (χ1n) is 14.2. The highest BCUT2D eigenvalue weighted by molar-refractivity contribution is 5.89. The molecule has 5 rings (SSSR count). The first kappa shape index (κ1) is 30.6. The number of benzene rings is 1. The van der Waals surface area contributed by atoms with E-state index in [1.54, 1.807) is 44.2 Å². The van der Waals surface area contributed by atoms with E-state index in [2.05, 4.69) is 0 Å². The fraction of sp³-hybridized carbons (Fsp3) is 0.645. The standard InChI is InChI=1S/C31H40O11/c1-15-19(40-16(2)32)13-30(28(4,5)38)22(15)23(35)25(36)29(6)20(34)12-21-31(14-39-21,42-17(3)33)24(29)26(30)41-27(37)18-10-8-7-9-11-18/h7-11,19-21,23-26,34-36,38H,12-14H2,1-6H3/t19-,20+,21+,23+,24?,25-,26-,29+,30-,31-/m0/s1. The van der Waals surface area contributed by atoms with Gasteiger partial charge < -0.3 is 39.4 Å². The van der Waals surface area contributed by atoms with Crippen LogP contribution in [0.4, 0.5) is 0 Å². The highest BCUT2D eigenvalue weighted by Crippen LogP contribution is 2.67. The minimum absolute atomic E-state index is 0.0208. The Kier molecular flexibility index (Phi) is 7.38. The summed E-state index contributed by atoms with van der Waals surface area (Å²) in [7, 11) is 0. The van der Waals surface area contributed by atoms with E-state index in [4.69, 9.17) is 18.9 Å². The molecule has 42 heavy (non-hydrogen) atoms. The topological polar surface area (TPSA) is 169 Å². The molecule has 11 nitrogen and oxygen atoms in total. The number of rotatable bonds is 5. The molecule has 0 bridgehead atoms. The summed E-state index contributed by atoms with van der Waals surface area (Å²) in [6.45, 7) is 8.53. The second-order valence-electron chi connectivity index (χ2n) is 13.0. The normalized spacial score (nSPS) is 41.0. The molecule has 11 heteroatoms. The van der Waals surface area contributed by atoms with E-state index >= 15 is 0 Å². The molecule has 1 aromatic rings. The molecular formula is C31H40O11. The predicted octanol–water partition coefficient (Wildman–Crippen LogP) is 1.44. The molecule has 10 atom stereocenters. The lowest BCUT2D eigenvalue weighted by molar-refractivity contribution is -0.351. The van der Waals surface area contributed by atoms with Gasteiger partial charge in [0.15, 0.2) is 5.60 Å². The molecule has 1 unspecified atom stereocenters. The molecule has 4 N–H and O–H groups in total. The van der Waals surface area contributed by atoms with Crippen molar-refractivity contribution in [3.05, 3.63) is 47.0 Å². The second kappa shape index (κ2) is 10.1. The SMILES string of the molecule is CC(=O)O[C@H]1C[C@]2(C(C)(C)O)C(=C1C)[C@@H](O)[C@H](O)[C@@]1(C)C([C@@H]2OC(=O)c2ccccc2)[C@]2(OC(C)=O)CO[C@@H]2C[C@H]1O. The lowest BCUT2D eigenvalue weighted by atomic mass is 9.49. The van der Waals surface area contributed by atoms with Gasteiger partial charge in [-0.25, -0.2) is 4.79 Å². The maximum absolute atomic E-state index is 13.8. The van der Waals surface area contributed by atoms with Crippen LogP contribution >= 0.6 is 0 Å². The Balaban J connectivity index is 1.84. The number of ether oxygens (including phenoxy) is 4. The lowest BCUT2D eigenvalue weighted by Gasteiger charge is -2.65. The molecule has 3 aliphatic carbocycles. The van der Waals surface area contributed by atoms with Gasteiger partial charge in [0.1, 0.15) is 24.4 Å². The van der Waals surface area contributed by atoms with Crippen LogP contribution in [0, 0.1) is 16.7 Å². The van der Waals surface area contributed by atoms with Gasteiger partial charge in [0, 0.05) is 32.1 Å². The van der Waals surface area contributed by atoms with Crippen LogP contribution in [0.25, 0.3) is 0 Å². The summed E-state index contributed by atoms with van der Waals surface area (Å²) in [5, 5.41) is 47.6. The molecule has 2 saturated carbocycles. The second-order valence-corrected chi connectivity index (χ2v) is 13.0. The van der Waals surface area contributed by atoms with Crippen molar-refractivity contribution in [3.63, 3.8) is 0 Å². The number of hydrogen-bond acceptors (Lipinski definition) is 11. The fourth-order valence-corrected chi connectivity index (χ4v) is 8.32. The van der Waals surface area contributed by atoms with Gasteiger partial charge in [0.2, 0.25) is 0 Å². The van der Waals surface area contributed by atoms with Crippen molar-refractivity contribution >= 4 is 17.9 Å². The molecule has 1 heterocycles. The summed E-state index contributed by atoms with van der Waals surface area (Å²) in [5.41, 5.74) is -5.81. The predicted molar refractivity (Wildman–Crippen MR) is 146 cm³/mol. The van der Waals surface area contributed by atoms with Crippen LogP contribution in [-0.2, 0) is 28.5 Å². The van der Waals surface area contributed by atoms with Crippen LogP contribution in [0.15, 0.2) is 41.5 Å². The van der Waals surface area contributed by atoms with Crippen LogP contribution < -0.4 is 0 Å². The Labute approximate surface area is 244 Å². The summed E-state index contributed by atoms with van der Waals surface area (Å²) in [4.78, 5) is 38.6. The third-order valence-electron chi connectivity index (χ3n) is 10.3. The first-order valence-corrected chi connectivity index (χ1v) is 14.2. The highest BCUT2D eigenvalue weighted by atomic mass is 16.6. The zero-order chi connectivity index (χ0) is 31.0. The van der Waals surface area contributed by atoms with Crippen LogP contribution in [0.2, 0.25) is 0 Å². The Bertz CT molecular complexity index is 1300. The Morgan fingerprint density at radius 2 is 1.67 bits per heavy atom. The molecule has 230 valence electrons. The number of fused-ring (bicyclic) bond motifs is 4. The third-order valence-corrected chi connectivity index (χ3v) is 10.3. The first-order chi connectivity index (χ1) is 19.5. The van der Waals surface area contributed by atoms with Crippen LogP contribution in [0.1, 0.15) is 64.7 Å². The summed E-state index contributed by atoms with van der Waals surface area (Å²) < 4.78 is 23.8. The van der Waals surface area contributed by atoms with Gasteiger partial charge in [-0.2, -0.15) is 0 Å². The zero-order valence-corrected chi connectivity index (χ0v) is 24.7. The maximum Gasteiger partial charge on any atom is 0.338 e. The number of carbonyl (C=O) groups is 3. The van der Waals surface area contributed by atoms with Gasteiger partial charge in [-0.05, 0) is 44.1 Å². The van der Waals surface area contributed by atoms with Gasteiger partial charge in [-0.15, -0.1) is 0 Å². The fourth-order valence-electron chi connectivity index (χ4n) is 8.32. The van der Waals surface area contributed by atoms with Crippen molar-refractivity contribution in [1.82, 2.24) is 0 Å². The molecular weight excluding hydrogens is 548 g/mol. The van der Waals surface area contributed by atoms with E-state index in [0.717, 1.165) is 0 Å². The average molecular weight is 589 g/mol. The van der Waals surface area contributed by atoms with Crippen LogP contribution in [0.3, 0.4) is 0 Å². The molecule has 0 spiro atoms. The van der Waals surface area contributed by atoms with Gasteiger partial charge in [-0.3, -0.25) is 9.59 Å². The monoisotopic (exact) mass is 588 g/mol. The van der Waals surface area contributed by atoms with Crippen molar-refractivity contribution in [1.29, 1.82) is 0 Å². The van der Waals surface area contributed by atoms with E-state index in [-0.39, 0.29) is 30.6 Å². The zero-order valence-electron chi connectivity index (χ0n) is 24.7. The summed E-state index contributed by atoms with van der Waals surface area (Å²) in [6, 6.07) is 8.18. The van der Waals surface area contributed by atoms with E-state index in [1.165, 1.54) is 27.7 Å². The molecule has 4 aliphatic rings. The van der Waals surface area contributed by atoms with Crippen molar-refractivity contribution in [2.24, 2.45) is 16.7 Å². The smallest absolute Gasteiger partial charge is 0.338 e. The van der Waals surface area contributed by atoms with E-state index in [0.29, 0.717) is 5.57 Å². The minimum atomic E-state index is -1.77. The van der Waals surface area contributed by atoms with Crippen molar-refractivity contribution in [3.8, 4) is 0 Å². The molecule has 0 radical (unpaired) electrons. The van der Waals surface area contributed by atoms with E-state index < -0.39 is 82.5 Å². The summed E-state index contributed by atoms with van der Waals surface area (Å²) in [6.07, 6.45) is -7.92. The minimum Gasteiger partial charge on any atom is -0.458 e. The molecule has 0 aromatic heterocycles. The summed E-state index contributed by atoms with van der Waals surface area (Å²) in [5.74, 6) is -3.19. The number of aliphatic hydroxyl groups excluding tert-OH is 3. The van der Waals surface area contributed by atoms with Crippen molar-refractivity contribution < 1.29 is 53.8 Å². The molecule has 1 aromatic carbocycles. The van der Waals surface area contributed by atoms with E-state index in [9.17, 15) is 34.8 Å².